The van der Waals surface area contributed by atoms with E-state index in [-0.39, 0.29) is 18.5 Å². The number of carbonyl (C=O) groups excluding carboxylic acids is 1. The zero-order valence-corrected chi connectivity index (χ0v) is 18.1. The molecule has 2 aromatic heterocycles. The Balaban J connectivity index is 1.42. The van der Waals surface area contributed by atoms with Crippen molar-refractivity contribution in [2.24, 2.45) is 0 Å². The van der Waals surface area contributed by atoms with E-state index in [1.807, 2.05) is 31.3 Å². The van der Waals surface area contributed by atoms with Gasteiger partial charge in [0.1, 0.15) is 5.01 Å². The summed E-state index contributed by atoms with van der Waals surface area (Å²) in [6.07, 6.45) is 0. The molecule has 0 saturated carbocycles. The summed E-state index contributed by atoms with van der Waals surface area (Å²) >= 11 is 3.34. The number of rotatable bonds is 7. The zero-order valence-electron chi connectivity index (χ0n) is 16.5. The third-order valence-electron chi connectivity index (χ3n) is 4.83. The molecule has 0 spiro atoms. The van der Waals surface area contributed by atoms with Crippen LogP contribution in [0.5, 0.6) is 0 Å². The molecule has 0 aliphatic carbocycles. The van der Waals surface area contributed by atoms with Crippen LogP contribution in [-0.4, -0.2) is 29.4 Å². The summed E-state index contributed by atoms with van der Waals surface area (Å²) < 4.78 is 1.15. The number of aromatic nitrogens is 1. The summed E-state index contributed by atoms with van der Waals surface area (Å²) in [6.45, 7) is 2.88. The summed E-state index contributed by atoms with van der Waals surface area (Å²) in [6, 6.07) is 20.7. The monoisotopic (exact) mass is 421 g/mol. The highest BCUT2D eigenvalue weighted by Gasteiger charge is 2.18. The van der Waals surface area contributed by atoms with E-state index in [9.17, 15) is 4.79 Å². The van der Waals surface area contributed by atoms with Crippen LogP contribution in [0.15, 0.2) is 66.0 Å². The lowest BCUT2D eigenvalue weighted by atomic mass is 10.0. The van der Waals surface area contributed by atoms with Crippen molar-refractivity contribution >= 4 is 38.8 Å². The number of thiazole rings is 1. The van der Waals surface area contributed by atoms with Gasteiger partial charge in [-0.25, -0.2) is 4.98 Å². The van der Waals surface area contributed by atoms with Gasteiger partial charge in [0.2, 0.25) is 5.91 Å². The maximum absolute atomic E-state index is 12.8. The molecule has 0 saturated heterocycles. The topological polar surface area (TPSA) is 45.2 Å². The average molecular weight is 422 g/mol. The molecule has 1 N–H and O–H groups in total. The van der Waals surface area contributed by atoms with Crippen molar-refractivity contribution in [3.05, 3.63) is 87.1 Å². The molecule has 4 nitrogen and oxygen atoms in total. The summed E-state index contributed by atoms with van der Waals surface area (Å²) in [7, 11) is 1.84. The second kappa shape index (κ2) is 8.86. The third-order valence-corrected chi connectivity index (χ3v) is 6.79. The van der Waals surface area contributed by atoms with E-state index < -0.39 is 0 Å². The van der Waals surface area contributed by atoms with Crippen molar-refractivity contribution in [3.8, 4) is 0 Å². The minimum Gasteiger partial charge on any atom is -0.338 e. The van der Waals surface area contributed by atoms with Crippen molar-refractivity contribution in [1.29, 1.82) is 0 Å². The first-order valence-corrected chi connectivity index (χ1v) is 11.2. The minimum absolute atomic E-state index is 0.00963. The normalized spacial score (nSPS) is 12.2. The Labute approximate surface area is 178 Å². The third kappa shape index (κ3) is 4.72. The molecule has 29 heavy (non-hydrogen) atoms. The lowest BCUT2D eigenvalue weighted by Gasteiger charge is -2.21. The van der Waals surface area contributed by atoms with Gasteiger partial charge in [0.15, 0.2) is 0 Å². The van der Waals surface area contributed by atoms with Gasteiger partial charge in [0.25, 0.3) is 0 Å². The highest BCUT2D eigenvalue weighted by Crippen LogP contribution is 2.26. The largest absolute Gasteiger partial charge is 0.338 e. The number of fused-ring (bicyclic) bond motifs is 1. The van der Waals surface area contributed by atoms with E-state index in [4.69, 9.17) is 0 Å². The average Bonchev–Trinajstić information content (AvgIpc) is 3.38. The van der Waals surface area contributed by atoms with Crippen LogP contribution in [0.4, 0.5) is 0 Å². The molecule has 0 unspecified atom stereocenters. The summed E-state index contributed by atoms with van der Waals surface area (Å²) in [5.41, 5.74) is 3.38. The van der Waals surface area contributed by atoms with Crippen LogP contribution in [0.1, 0.15) is 27.1 Å². The molecule has 0 aliphatic rings. The number of aryl methyl sites for hydroxylation is 1. The predicted octanol–water partition coefficient (Wildman–Crippen LogP) is 5.00. The molecule has 4 rings (SSSR count). The SMILES string of the molecule is Cc1ccc([C@H](NCC(=O)N(C)Cc2nc3ccccc3s2)c2cccs2)cc1. The number of thiophene rings is 1. The van der Waals surface area contributed by atoms with Gasteiger partial charge in [-0.15, -0.1) is 22.7 Å². The Hall–Kier alpha value is -2.54. The van der Waals surface area contributed by atoms with E-state index in [1.54, 1.807) is 27.6 Å². The van der Waals surface area contributed by atoms with Gasteiger partial charge < -0.3 is 4.90 Å². The summed E-state index contributed by atoms with van der Waals surface area (Å²) in [5.74, 6) is 0.0536. The molecule has 0 radical (unpaired) electrons. The number of amides is 1. The summed E-state index contributed by atoms with van der Waals surface area (Å²) in [4.78, 5) is 20.3. The van der Waals surface area contributed by atoms with Crippen LogP contribution in [-0.2, 0) is 11.3 Å². The van der Waals surface area contributed by atoms with Crippen LogP contribution in [0.25, 0.3) is 10.2 Å². The highest BCUT2D eigenvalue weighted by atomic mass is 32.1. The Morgan fingerprint density at radius 1 is 1.10 bits per heavy atom. The van der Waals surface area contributed by atoms with E-state index >= 15 is 0 Å². The molecule has 0 bridgehead atoms. The maximum Gasteiger partial charge on any atom is 0.236 e. The van der Waals surface area contributed by atoms with Crippen LogP contribution < -0.4 is 5.32 Å². The smallest absolute Gasteiger partial charge is 0.236 e. The molecular formula is C23H23N3OS2. The van der Waals surface area contributed by atoms with Crippen LogP contribution in [0, 0.1) is 6.92 Å². The number of likely N-dealkylation sites (N-methyl/N-ethyl adjacent to an activating group) is 1. The van der Waals surface area contributed by atoms with E-state index in [0.29, 0.717) is 6.54 Å². The second-order valence-corrected chi connectivity index (χ2v) is 9.16. The van der Waals surface area contributed by atoms with Crippen LogP contribution in [0.2, 0.25) is 0 Å². The number of hydrogen-bond acceptors (Lipinski definition) is 5. The Morgan fingerprint density at radius 2 is 1.90 bits per heavy atom. The van der Waals surface area contributed by atoms with Crippen molar-refractivity contribution in [2.75, 3.05) is 13.6 Å². The molecule has 6 heteroatoms. The fourth-order valence-corrected chi connectivity index (χ4v) is 5.05. The zero-order chi connectivity index (χ0) is 20.2. The minimum atomic E-state index is 0.00963. The number of para-hydroxylation sites is 1. The number of carbonyl (C=O) groups is 1. The number of nitrogens with one attached hydrogen (secondary N) is 1. The molecule has 2 heterocycles. The lowest BCUT2D eigenvalue weighted by Crippen LogP contribution is -2.36. The van der Waals surface area contributed by atoms with Crippen molar-refractivity contribution in [3.63, 3.8) is 0 Å². The molecule has 0 fully saturated rings. The lowest BCUT2D eigenvalue weighted by molar-refractivity contribution is -0.129. The first-order valence-electron chi connectivity index (χ1n) is 9.52. The van der Waals surface area contributed by atoms with Gasteiger partial charge in [0.05, 0.1) is 29.3 Å². The van der Waals surface area contributed by atoms with Crippen molar-refractivity contribution < 1.29 is 4.79 Å². The second-order valence-electron chi connectivity index (χ2n) is 7.07. The first-order chi connectivity index (χ1) is 14.1. The van der Waals surface area contributed by atoms with Gasteiger partial charge in [-0.2, -0.15) is 0 Å². The van der Waals surface area contributed by atoms with Crippen molar-refractivity contribution in [2.45, 2.75) is 19.5 Å². The van der Waals surface area contributed by atoms with Crippen molar-refractivity contribution in [1.82, 2.24) is 15.2 Å². The Bertz CT molecular complexity index is 1050. The molecule has 4 aromatic rings. The van der Waals surface area contributed by atoms with Gasteiger partial charge in [-0.05, 0) is 36.1 Å². The van der Waals surface area contributed by atoms with E-state index in [2.05, 4.69) is 59.0 Å². The fraction of sp³-hybridized carbons (Fsp3) is 0.217. The number of benzene rings is 2. The quantitative estimate of drug-likeness (QED) is 0.457. The van der Waals surface area contributed by atoms with E-state index in [1.165, 1.54) is 16.0 Å². The first kappa shape index (κ1) is 19.8. The van der Waals surface area contributed by atoms with Crippen LogP contribution in [0.3, 0.4) is 0 Å². The highest BCUT2D eigenvalue weighted by molar-refractivity contribution is 7.18. The van der Waals surface area contributed by atoms with Gasteiger partial charge in [-0.1, -0.05) is 48.0 Å². The molecule has 1 atom stereocenters. The van der Waals surface area contributed by atoms with Gasteiger partial charge in [0, 0.05) is 11.9 Å². The fourth-order valence-electron chi connectivity index (χ4n) is 3.20. The Kier molecular flexibility index (Phi) is 6.04. The molecule has 2 aromatic carbocycles. The molecule has 148 valence electrons. The Morgan fingerprint density at radius 3 is 2.62 bits per heavy atom. The standard InChI is InChI=1S/C23H23N3OS2/c1-16-9-11-17(12-10-16)23(20-8-5-13-28-20)24-14-22(27)26(2)15-21-25-18-6-3-4-7-19(18)29-21/h3-13,23-24H,14-15H2,1-2H3/t23-/m0/s1. The van der Waals surface area contributed by atoms with E-state index in [0.717, 1.165) is 15.2 Å². The predicted molar refractivity (Wildman–Crippen MR) is 121 cm³/mol. The molecular weight excluding hydrogens is 398 g/mol. The maximum atomic E-state index is 12.8. The number of hydrogen-bond donors (Lipinski definition) is 1. The van der Waals surface area contributed by atoms with Gasteiger partial charge >= 0.3 is 0 Å². The number of nitrogens with zero attached hydrogens (tertiary/aromatic N) is 2. The summed E-state index contributed by atoms with van der Waals surface area (Å²) in [5, 5.41) is 6.48. The molecule has 1 amide bonds. The molecule has 0 aliphatic heterocycles. The van der Waals surface area contributed by atoms with Crippen LogP contribution >= 0.6 is 22.7 Å². The van der Waals surface area contributed by atoms with Gasteiger partial charge in [-0.3, -0.25) is 10.1 Å².